The van der Waals surface area contributed by atoms with Crippen molar-refractivity contribution in [2.45, 2.75) is 12.4 Å². The second-order valence-electron chi connectivity index (χ2n) is 5.48. The molecule has 2 atom stereocenters. The van der Waals surface area contributed by atoms with Gasteiger partial charge in [0.1, 0.15) is 6.10 Å². The SMILES string of the molecule is C=C1C(=O)O[C@@H](c2ccc([N+](=O)[O-])cc2)O[C@H]1c1ccc([N+](=O)[O-])cc1. The molecule has 0 amide bonds. The van der Waals surface area contributed by atoms with Gasteiger partial charge in [-0.2, -0.15) is 0 Å². The van der Waals surface area contributed by atoms with Gasteiger partial charge in [0.25, 0.3) is 11.4 Å². The molecule has 132 valence electrons. The van der Waals surface area contributed by atoms with Gasteiger partial charge in [-0.3, -0.25) is 20.2 Å². The molecule has 2 aromatic rings. The second kappa shape index (κ2) is 6.73. The van der Waals surface area contributed by atoms with Gasteiger partial charge in [-0.05, 0) is 29.8 Å². The number of hydrogen-bond donors (Lipinski definition) is 0. The van der Waals surface area contributed by atoms with Gasteiger partial charge in [-0.25, -0.2) is 4.79 Å². The van der Waals surface area contributed by atoms with Crippen molar-refractivity contribution < 1.29 is 24.1 Å². The van der Waals surface area contributed by atoms with Gasteiger partial charge < -0.3 is 9.47 Å². The average molecular weight is 356 g/mol. The molecule has 0 bridgehead atoms. The lowest BCUT2D eigenvalue weighted by Gasteiger charge is -2.31. The summed E-state index contributed by atoms with van der Waals surface area (Å²) in [6.07, 6.45) is -1.92. The molecule has 9 nitrogen and oxygen atoms in total. The third kappa shape index (κ3) is 3.28. The lowest BCUT2D eigenvalue weighted by Crippen LogP contribution is -2.28. The van der Waals surface area contributed by atoms with Crippen LogP contribution in [0.5, 0.6) is 0 Å². The van der Waals surface area contributed by atoms with Crippen LogP contribution in [0.4, 0.5) is 11.4 Å². The molecular weight excluding hydrogens is 344 g/mol. The first kappa shape index (κ1) is 17.2. The van der Waals surface area contributed by atoms with Crippen molar-refractivity contribution in [3.05, 3.63) is 92.0 Å². The second-order valence-corrected chi connectivity index (χ2v) is 5.48. The monoisotopic (exact) mass is 356 g/mol. The highest BCUT2D eigenvalue weighted by Crippen LogP contribution is 2.38. The van der Waals surface area contributed by atoms with Crippen LogP contribution in [0.2, 0.25) is 0 Å². The predicted octanol–water partition coefficient (Wildman–Crippen LogP) is 3.37. The van der Waals surface area contributed by atoms with Crippen LogP contribution >= 0.6 is 0 Å². The number of non-ortho nitro benzene ring substituents is 2. The zero-order chi connectivity index (χ0) is 18.8. The van der Waals surface area contributed by atoms with Crippen LogP contribution < -0.4 is 0 Å². The van der Waals surface area contributed by atoms with E-state index in [2.05, 4.69) is 6.58 Å². The molecule has 0 spiro atoms. The minimum atomic E-state index is -1.08. The molecule has 0 N–H and O–H groups in total. The standard InChI is InChI=1S/C17H12N2O7/c1-10-15(11-2-6-13(7-3-11)18(21)22)25-17(26-16(10)20)12-4-8-14(9-5-12)19(23)24/h2-9,15,17H,1H2/t15-,17+/m1/s1. The normalized spacial score (nSPS) is 19.7. The summed E-state index contributed by atoms with van der Waals surface area (Å²) < 4.78 is 10.9. The number of carbonyl (C=O) groups excluding carboxylic acids is 1. The molecule has 0 unspecified atom stereocenters. The smallest absolute Gasteiger partial charge is 0.338 e. The Hall–Kier alpha value is -3.59. The van der Waals surface area contributed by atoms with E-state index < -0.39 is 28.2 Å². The van der Waals surface area contributed by atoms with Crippen molar-refractivity contribution in [3.63, 3.8) is 0 Å². The molecular formula is C17H12N2O7. The van der Waals surface area contributed by atoms with E-state index in [1.807, 2.05) is 0 Å². The Balaban J connectivity index is 1.86. The highest BCUT2D eigenvalue weighted by molar-refractivity contribution is 5.89. The van der Waals surface area contributed by atoms with Gasteiger partial charge in [0, 0.05) is 29.8 Å². The molecule has 0 saturated carbocycles. The molecule has 0 radical (unpaired) electrons. The minimum absolute atomic E-state index is 0.0528. The van der Waals surface area contributed by atoms with E-state index in [1.165, 1.54) is 48.5 Å². The Morgan fingerprint density at radius 3 is 1.77 bits per heavy atom. The fourth-order valence-corrected chi connectivity index (χ4v) is 2.46. The number of nitrogens with zero attached hydrogens (tertiary/aromatic N) is 2. The average Bonchev–Trinajstić information content (AvgIpc) is 2.64. The summed E-state index contributed by atoms with van der Waals surface area (Å²) in [5.74, 6) is -0.678. The van der Waals surface area contributed by atoms with Crippen molar-refractivity contribution in [1.29, 1.82) is 0 Å². The highest BCUT2D eigenvalue weighted by Gasteiger charge is 2.35. The number of nitro benzene ring substituents is 2. The molecule has 1 saturated heterocycles. The fourth-order valence-electron chi connectivity index (χ4n) is 2.46. The number of hydrogen-bond acceptors (Lipinski definition) is 7. The molecule has 1 aliphatic heterocycles. The van der Waals surface area contributed by atoms with Crippen LogP contribution in [-0.4, -0.2) is 15.8 Å². The number of rotatable bonds is 4. The van der Waals surface area contributed by atoms with Gasteiger partial charge in [-0.15, -0.1) is 0 Å². The first-order valence-electron chi connectivity index (χ1n) is 7.41. The van der Waals surface area contributed by atoms with Gasteiger partial charge >= 0.3 is 5.97 Å². The van der Waals surface area contributed by atoms with Crippen molar-refractivity contribution >= 4 is 17.3 Å². The summed E-state index contributed by atoms with van der Waals surface area (Å²) in [5, 5.41) is 21.5. The van der Waals surface area contributed by atoms with Crippen LogP contribution in [0.3, 0.4) is 0 Å². The van der Waals surface area contributed by atoms with Crippen LogP contribution in [-0.2, 0) is 14.3 Å². The van der Waals surface area contributed by atoms with E-state index in [0.29, 0.717) is 11.1 Å². The summed E-state index contributed by atoms with van der Waals surface area (Å²) in [5.41, 5.74) is 0.779. The zero-order valence-electron chi connectivity index (χ0n) is 13.2. The lowest BCUT2D eigenvalue weighted by molar-refractivity contribution is -0.385. The van der Waals surface area contributed by atoms with Crippen molar-refractivity contribution in [1.82, 2.24) is 0 Å². The van der Waals surface area contributed by atoms with Gasteiger partial charge in [0.05, 0.1) is 15.4 Å². The van der Waals surface area contributed by atoms with Crippen LogP contribution in [0.25, 0.3) is 0 Å². The van der Waals surface area contributed by atoms with Crippen LogP contribution in [0.1, 0.15) is 23.5 Å². The van der Waals surface area contributed by atoms with E-state index >= 15 is 0 Å². The zero-order valence-corrected chi connectivity index (χ0v) is 13.2. The molecule has 2 aromatic carbocycles. The summed E-state index contributed by atoms with van der Waals surface area (Å²) >= 11 is 0. The molecule has 9 heteroatoms. The lowest BCUT2D eigenvalue weighted by atomic mass is 10.0. The first-order valence-corrected chi connectivity index (χ1v) is 7.41. The summed E-state index contributed by atoms with van der Waals surface area (Å²) in [4.78, 5) is 32.5. The maximum absolute atomic E-state index is 12.1. The molecule has 1 aliphatic rings. The van der Waals surface area contributed by atoms with Gasteiger partial charge in [0.2, 0.25) is 6.29 Å². The summed E-state index contributed by atoms with van der Waals surface area (Å²) in [7, 11) is 0. The largest absolute Gasteiger partial charge is 0.428 e. The van der Waals surface area contributed by atoms with E-state index in [1.54, 1.807) is 0 Å². The Morgan fingerprint density at radius 1 is 0.846 bits per heavy atom. The summed E-state index contributed by atoms with van der Waals surface area (Å²) in [6, 6.07) is 10.9. The molecule has 0 aliphatic carbocycles. The topological polar surface area (TPSA) is 122 Å². The van der Waals surface area contributed by atoms with Gasteiger partial charge in [-0.1, -0.05) is 6.58 Å². The Labute approximate surface area is 146 Å². The molecule has 3 rings (SSSR count). The van der Waals surface area contributed by atoms with Gasteiger partial charge in [0.15, 0.2) is 0 Å². The third-order valence-electron chi connectivity index (χ3n) is 3.84. The quantitative estimate of drug-likeness (QED) is 0.356. The Kier molecular flexibility index (Phi) is 4.46. The van der Waals surface area contributed by atoms with Crippen molar-refractivity contribution in [2.75, 3.05) is 0 Å². The van der Waals surface area contributed by atoms with Crippen LogP contribution in [0.15, 0.2) is 60.7 Å². The fraction of sp³-hybridized carbons (Fsp3) is 0.118. The first-order chi connectivity index (χ1) is 12.4. The van der Waals surface area contributed by atoms with Crippen molar-refractivity contribution in [3.8, 4) is 0 Å². The van der Waals surface area contributed by atoms with Crippen molar-refractivity contribution in [2.24, 2.45) is 0 Å². The Bertz CT molecular complexity index is 890. The maximum Gasteiger partial charge on any atom is 0.338 e. The minimum Gasteiger partial charge on any atom is -0.428 e. The molecule has 0 aromatic heterocycles. The Morgan fingerprint density at radius 2 is 1.31 bits per heavy atom. The molecule has 1 fully saturated rings. The number of ether oxygens (including phenoxy) is 2. The molecule has 1 heterocycles. The highest BCUT2D eigenvalue weighted by atomic mass is 16.7. The summed E-state index contributed by atoms with van der Waals surface area (Å²) in [6.45, 7) is 3.65. The van der Waals surface area contributed by atoms with E-state index in [0.717, 1.165) is 0 Å². The molecule has 26 heavy (non-hydrogen) atoms. The third-order valence-corrected chi connectivity index (χ3v) is 3.84. The number of benzene rings is 2. The van der Waals surface area contributed by atoms with Crippen LogP contribution in [0, 0.1) is 20.2 Å². The van der Waals surface area contributed by atoms with E-state index in [-0.39, 0.29) is 16.9 Å². The number of nitro groups is 2. The maximum atomic E-state index is 12.1. The van der Waals surface area contributed by atoms with E-state index in [9.17, 15) is 25.0 Å². The number of cyclic esters (lactones) is 1. The predicted molar refractivity (Wildman–Crippen MR) is 88.0 cm³/mol. The number of carbonyl (C=O) groups is 1. The van der Waals surface area contributed by atoms with E-state index in [4.69, 9.17) is 9.47 Å². The number of esters is 1.